The van der Waals surface area contributed by atoms with Crippen LogP contribution in [0.4, 0.5) is 0 Å². The molecule has 0 amide bonds. The van der Waals surface area contributed by atoms with Crippen molar-refractivity contribution in [3.8, 4) is 0 Å². The quantitative estimate of drug-likeness (QED) is 0.824. The smallest absolute Gasteiger partial charge is 0.0693 e. The molecule has 1 saturated carbocycles. The van der Waals surface area contributed by atoms with Gasteiger partial charge in [-0.1, -0.05) is 6.92 Å². The summed E-state index contributed by atoms with van der Waals surface area (Å²) in [6, 6.07) is 2.52. The molecule has 3 heteroatoms. The van der Waals surface area contributed by atoms with Gasteiger partial charge in [-0.2, -0.15) is 0 Å². The van der Waals surface area contributed by atoms with E-state index in [0.29, 0.717) is 6.04 Å². The lowest BCUT2D eigenvalue weighted by atomic mass is 10.2. The minimum atomic E-state index is -0.130. The molecule has 84 valence electrons. The van der Waals surface area contributed by atoms with Crippen LogP contribution in [0.1, 0.15) is 36.6 Å². The van der Waals surface area contributed by atoms with Gasteiger partial charge in [-0.05, 0) is 42.7 Å². The second-order valence-corrected chi connectivity index (χ2v) is 5.21. The van der Waals surface area contributed by atoms with E-state index < -0.39 is 0 Å². The molecule has 1 aliphatic rings. The fourth-order valence-corrected chi connectivity index (χ4v) is 3.17. The Balaban J connectivity index is 1.87. The van der Waals surface area contributed by atoms with E-state index in [9.17, 15) is 5.11 Å². The van der Waals surface area contributed by atoms with E-state index in [1.165, 1.54) is 10.4 Å². The summed E-state index contributed by atoms with van der Waals surface area (Å²) in [7, 11) is 0. The van der Waals surface area contributed by atoms with E-state index in [1.54, 1.807) is 0 Å². The summed E-state index contributed by atoms with van der Waals surface area (Å²) in [6.07, 6.45) is 4.21. The first-order valence-electron chi connectivity index (χ1n) is 5.78. The van der Waals surface area contributed by atoms with Crippen molar-refractivity contribution in [2.45, 2.75) is 51.3 Å². The van der Waals surface area contributed by atoms with E-state index in [1.807, 2.05) is 11.3 Å². The van der Waals surface area contributed by atoms with E-state index >= 15 is 0 Å². The molecule has 1 heterocycles. The van der Waals surface area contributed by atoms with Crippen LogP contribution in [-0.4, -0.2) is 17.3 Å². The number of nitrogens with one attached hydrogen (secondary N) is 1. The zero-order valence-corrected chi connectivity index (χ0v) is 10.0. The van der Waals surface area contributed by atoms with E-state index in [0.717, 1.165) is 32.2 Å². The van der Waals surface area contributed by atoms with Crippen LogP contribution in [0, 0.1) is 0 Å². The van der Waals surface area contributed by atoms with E-state index in [-0.39, 0.29) is 6.10 Å². The maximum Gasteiger partial charge on any atom is 0.0693 e. The molecule has 2 atom stereocenters. The fourth-order valence-electron chi connectivity index (χ4n) is 2.24. The lowest BCUT2D eigenvalue weighted by molar-refractivity contribution is 0.148. The second-order valence-electron chi connectivity index (χ2n) is 4.21. The van der Waals surface area contributed by atoms with Gasteiger partial charge < -0.3 is 10.4 Å². The highest BCUT2D eigenvalue weighted by Crippen LogP contribution is 2.21. The highest BCUT2D eigenvalue weighted by atomic mass is 32.1. The molecule has 15 heavy (non-hydrogen) atoms. The summed E-state index contributed by atoms with van der Waals surface area (Å²) in [5.74, 6) is 0. The molecule has 0 aliphatic heterocycles. The maximum absolute atomic E-state index is 9.68. The Bertz CT molecular complexity index is 310. The Hall–Kier alpha value is -0.380. The maximum atomic E-state index is 9.68. The van der Waals surface area contributed by atoms with Crippen molar-refractivity contribution in [2.75, 3.05) is 0 Å². The largest absolute Gasteiger partial charge is 0.392 e. The Morgan fingerprint density at radius 3 is 3.07 bits per heavy atom. The van der Waals surface area contributed by atoms with Crippen LogP contribution in [0.3, 0.4) is 0 Å². The van der Waals surface area contributed by atoms with Crippen molar-refractivity contribution >= 4 is 11.3 Å². The molecule has 0 radical (unpaired) electrons. The van der Waals surface area contributed by atoms with Gasteiger partial charge in [-0.25, -0.2) is 0 Å². The summed E-state index contributed by atoms with van der Waals surface area (Å²) in [4.78, 5) is 1.43. The van der Waals surface area contributed by atoms with Crippen LogP contribution in [0.5, 0.6) is 0 Å². The topological polar surface area (TPSA) is 32.3 Å². The van der Waals surface area contributed by atoms with Crippen molar-refractivity contribution in [1.29, 1.82) is 0 Å². The molecule has 1 aromatic rings. The summed E-state index contributed by atoms with van der Waals surface area (Å²) in [6.45, 7) is 3.11. The predicted molar refractivity (Wildman–Crippen MR) is 64.2 cm³/mol. The van der Waals surface area contributed by atoms with Crippen LogP contribution < -0.4 is 5.32 Å². The van der Waals surface area contributed by atoms with Crippen molar-refractivity contribution in [3.63, 3.8) is 0 Å². The van der Waals surface area contributed by atoms with E-state index in [4.69, 9.17) is 0 Å². The minimum Gasteiger partial charge on any atom is -0.392 e. The lowest BCUT2D eigenvalue weighted by Gasteiger charge is -2.16. The third-order valence-electron chi connectivity index (χ3n) is 3.22. The molecule has 2 N–H and O–H groups in total. The van der Waals surface area contributed by atoms with Gasteiger partial charge in [0.2, 0.25) is 0 Å². The van der Waals surface area contributed by atoms with Gasteiger partial charge in [-0.3, -0.25) is 0 Å². The molecule has 0 aromatic carbocycles. The van der Waals surface area contributed by atoms with Crippen molar-refractivity contribution < 1.29 is 5.11 Å². The predicted octanol–water partition coefficient (Wildman–Crippen LogP) is 2.31. The van der Waals surface area contributed by atoms with Gasteiger partial charge in [-0.15, -0.1) is 11.3 Å². The molecule has 2 rings (SSSR count). The van der Waals surface area contributed by atoms with Crippen molar-refractivity contribution in [3.05, 3.63) is 21.9 Å². The van der Waals surface area contributed by atoms with Gasteiger partial charge in [0.15, 0.2) is 0 Å². The summed E-state index contributed by atoms with van der Waals surface area (Å²) < 4.78 is 0. The average Bonchev–Trinajstić information content (AvgIpc) is 2.83. The summed E-state index contributed by atoms with van der Waals surface area (Å²) in [5, 5.41) is 15.3. The van der Waals surface area contributed by atoms with Crippen LogP contribution in [-0.2, 0) is 13.0 Å². The Morgan fingerprint density at radius 2 is 2.40 bits per heavy atom. The molecule has 1 aliphatic carbocycles. The van der Waals surface area contributed by atoms with Gasteiger partial charge >= 0.3 is 0 Å². The van der Waals surface area contributed by atoms with Gasteiger partial charge in [0.25, 0.3) is 0 Å². The zero-order chi connectivity index (χ0) is 10.7. The fraction of sp³-hybridized carbons (Fsp3) is 0.667. The standard InChI is InChI=1S/C12H19NOS/c1-2-9-6-7-15-12(9)8-13-10-4-3-5-11(10)14/h6-7,10-11,13-14H,2-5,8H2,1H3/t10-,11-/m0/s1. The van der Waals surface area contributed by atoms with Crippen LogP contribution >= 0.6 is 11.3 Å². The first-order valence-corrected chi connectivity index (χ1v) is 6.66. The molecular weight excluding hydrogens is 206 g/mol. The first kappa shape index (κ1) is 11.1. The highest BCUT2D eigenvalue weighted by Gasteiger charge is 2.24. The number of hydrogen-bond donors (Lipinski definition) is 2. The van der Waals surface area contributed by atoms with Gasteiger partial charge in [0.05, 0.1) is 6.10 Å². The molecular formula is C12H19NOS. The minimum absolute atomic E-state index is 0.130. The monoisotopic (exact) mass is 225 g/mol. The van der Waals surface area contributed by atoms with Crippen molar-refractivity contribution in [2.24, 2.45) is 0 Å². The first-order chi connectivity index (χ1) is 7.31. The highest BCUT2D eigenvalue weighted by molar-refractivity contribution is 7.10. The Kier molecular flexibility index (Phi) is 3.78. The Labute approximate surface area is 95.3 Å². The number of thiophene rings is 1. The lowest BCUT2D eigenvalue weighted by Crippen LogP contribution is -2.34. The number of aryl methyl sites for hydroxylation is 1. The third kappa shape index (κ3) is 2.60. The molecule has 0 bridgehead atoms. The van der Waals surface area contributed by atoms with Gasteiger partial charge in [0.1, 0.15) is 0 Å². The Morgan fingerprint density at radius 1 is 1.53 bits per heavy atom. The molecule has 0 saturated heterocycles. The number of rotatable bonds is 4. The van der Waals surface area contributed by atoms with Crippen LogP contribution in [0.15, 0.2) is 11.4 Å². The molecule has 0 unspecified atom stereocenters. The second kappa shape index (κ2) is 5.10. The SMILES string of the molecule is CCc1ccsc1CN[C@H]1CCC[C@@H]1O. The molecule has 1 aromatic heterocycles. The van der Waals surface area contributed by atoms with Crippen LogP contribution in [0.25, 0.3) is 0 Å². The summed E-state index contributed by atoms with van der Waals surface area (Å²) >= 11 is 1.81. The number of hydrogen-bond acceptors (Lipinski definition) is 3. The summed E-state index contributed by atoms with van der Waals surface area (Å²) in [5.41, 5.74) is 1.44. The number of aliphatic hydroxyl groups excluding tert-OH is 1. The van der Waals surface area contributed by atoms with E-state index in [2.05, 4.69) is 23.7 Å². The molecule has 1 fully saturated rings. The van der Waals surface area contributed by atoms with Crippen LogP contribution in [0.2, 0.25) is 0 Å². The van der Waals surface area contributed by atoms with Crippen molar-refractivity contribution in [1.82, 2.24) is 5.32 Å². The van der Waals surface area contributed by atoms with Gasteiger partial charge in [0, 0.05) is 17.5 Å². The zero-order valence-electron chi connectivity index (χ0n) is 9.20. The average molecular weight is 225 g/mol. The molecule has 2 nitrogen and oxygen atoms in total. The third-order valence-corrected chi connectivity index (χ3v) is 4.19. The molecule has 0 spiro atoms. The number of aliphatic hydroxyl groups is 1. The normalized spacial score (nSPS) is 26.0.